The number of benzene rings is 14. The second-order valence-corrected chi connectivity index (χ2v) is 27.0. The van der Waals surface area contributed by atoms with Crippen LogP contribution in [0, 0.1) is 0 Å². The van der Waals surface area contributed by atoms with Gasteiger partial charge >= 0.3 is 0 Å². The van der Waals surface area contributed by atoms with Crippen LogP contribution in [0.5, 0.6) is 0 Å². The van der Waals surface area contributed by atoms with Gasteiger partial charge in [0.05, 0.1) is 0 Å². The van der Waals surface area contributed by atoms with E-state index in [1.807, 2.05) is 0 Å². The molecule has 0 saturated carbocycles. The van der Waals surface area contributed by atoms with Gasteiger partial charge in [0.2, 0.25) is 0 Å². The van der Waals surface area contributed by atoms with Crippen molar-refractivity contribution in [3.05, 3.63) is 335 Å². The van der Waals surface area contributed by atoms with Gasteiger partial charge in [0, 0.05) is 50.4 Å². The van der Waals surface area contributed by atoms with Crippen molar-refractivity contribution in [3.63, 3.8) is 0 Å². The van der Waals surface area contributed by atoms with E-state index in [1.54, 1.807) is 0 Å². The summed E-state index contributed by atoms with van der Waals surface area (Å²) in [5.41, 5.74) is 27.2. The highest BCUT2D eigenvalue weighted by atomic mass is 15.1. The van der Waals surface area contributed by atoms with Gasteiger partial charge in [-0.1, -0.05) is 272 Å². The molecule has 0 aliphatic heterocycles. The minimum atomic E-state index is -0.209. The first kappa shape index (κ1) is 54.4. The number of fused-ring (bicyclic) bond motifs is 13. The molecule has 0 bridgehead atoms. The molecule has 0 fully saturated rings. The Bertz CT molecular complexity index is 4920. The third kappa shape index (κ3) is 8.99. The Balaban J connectivity index is 0.618. The summed E-state index contributed by atoms with van der Waals surface area (Å²) in [5.74, 6) is 0. The van der Waals surface area contributed by atoms with Crippen molar-refractivity contribution in [3.8, 4) is 33.4 Å². The van der Waals surface area contributed by atoms with Gasteiger partial charge in [0.15, 0.2) is 0 Å². The van der Waals surface area contributed by atoms with Crippen molar-refractivity contribution < 1.29 is 0 Å². The molecule has 0 radical (unpaired) electrons. The summed E-state index contributed by atoms with van der Waals surface area (Å²) in [6.45, 7) is 14.3. The fraction of sp³-hybridized carbons (Fsp3) is 0.101. The summed E-state index contributed by atoms with van der Waals surface area (Å²) >= 11 is 0. The van der Waals surface area contributed by atoms with Crippen LogP contribution in [0.2, 0.25) is 0 Å². The largest absolute Gasteiger partial charge is 0.310 e. The minimum absolute atomic E-state index is 0.167. The molecule has 434 valence electrons. The molecule has 17 rings (SSSR count). The van der Waals surface area contributed by atoms with Crippen molar-refractivity contribution in [2.45, 2.75) is 57.8 Å². The molecule has 0 N–H and O–H groups in total. The highest BCUT2D eigenvalue weighted by Crippen LogP contribution is 2.54. The van der Waals surface area contributed by atoms with E-state index in [1.165, 1.54) is 132 Å². The molecular formula is C89H68N2. The molecule has 0 heterocycles. The zero-order valence-corrected chi connectivity index (χ0v) is 52.3. The van der Waals surface area contributed by atoms with Crippen LogP contribution in [-0.4, -0.2) is 0 Å². The molecule has 0 unspecified atom stereocenters. The third-order valence-electron chi connectivity index (χ3n) is 20.5. The van der Waals surface area contributed by atoms with Crippen molar-refractivity contribution in [2.75, 3.05) is 9.80 Å². The van der Waals surface area contributed by atoms with Gasteiger partial charge in [0.1, 0.15) is 0 Å². The summed E-state index contributed by atoms with van der Waals surface area (Å²) < 4.78 is 0. The lowest BCUT2D eigenvalue weighted by Gasteiger charge is -2.28. The lowest BCUT2D eigenvalue weighted by Crippen LogP contribution is -2.16. The summed E-state index contributed by atoms with van der Waals surface area (Å²) in [4.78, 5) is 4.86. The molecule has 14 aromatic rings. The predicted octanol–water partition coefficient (Wildman–Crippen LogP) is 24.5. The van der Waals surface area contributed by atoms with E-state index >= 15 is 0 Å². The van der Waals surface area contributed by atoms with Gasteiger partial charge in [-0.3, -0.25) is 0 Å². The molecule has 91 heavy (non-hydrogen) atoms. The molecule has 3 aliphatic carbocycles. The molecule has 14 aromatic carbocycles. The van der Waals surface area contributed by atoms with Crippen molar-refractivity contribution >= 4 is 102 Å². The smallest absolute Gasteiger partial charge is 0.0468 e. The monoisotopic (exact) mass is 1160 g/mol. The Hall–Kier alpha value is -10.8. The van der Waals surface area contributed by atoms with Crippen LogP contribution in [-0.2, 0) is 16.2 Å². The summed E-state index contributed by atoms with van der Waals surface area (Å²) in [5, 5.41) is 9.86. The van der Waals surface area contributed by atoms with Crippen molar-refractivity contribution in [1.29, 1.82) is 0 Å². The minimum Gasteiger partial charge on any atom is -0.310 e. The van der Waals surface area contributed by atoms with E-state index in [-0.39, 0.29) is 16.2 Å². The van der Waals surface area contributed by atoms with E-state index in [2.05, 4.69) is 355 Å². The number of anilines is 6. The molecule has 0 amide bonds. The zero-order valence-electron chi connectivity index (χ0n) is 52.3. The van der Waals surface area contributed by atoms with Gasteiger partial charge in [0.25, 0.3) is 0 Å². The highest BCUT2D eigenvalue weighted by molar-refractivity contribution is 5.97. The summed E-state index contributed by atoms with van der Waals surface area (Å²) in [7, 11) is 0. The number of hydrogen-bond acceptors (Lipinski definition) is 2. The van der Waals surface area contributed by atoms with Gasteiger partial charge in [-0.15, -0.1) is 0 Å². The predicted molar refractivity (Wildman–Crippen MR) is 389 cm³/mol. The Morgan fingerprint density at radius 1 is 0.198 bits per heavy atom. The second kappa shape index (κ2) is 20.6. The van der Waals surface area contributed by atoms with Crippen molar-refractivity contribution in [2.24, 2.45) is 0 Å². The van der Waals surface area contributed by atoms with Gasteiger partial charge < -0.3 is 9.80 Å². The Kier molecular flexibility index (Phi) is 12.3. The highest BCUT2D eigenvalue weighted by Gasteiger charge is 2.39. The lowest BCUT2D eigenvalue weighted by molar-refractivity contribution is 0.660. The van der Waals surface area contributed by atoms with Crippen LogP contribution >= 0.6 is 0 Å². The molecule has 2 nitrogen and oxygen atoms in total. The average Bonchev–Trinajstić information content (AvgIpc) is 1.65. The first-order chi connectivity index (χ1) is 44.3. The first-order valence-corrected chi connectivity index (χ1v) is 32.1. The summed E-state index contributed by atoms with van der Waals surface area (Å²) in [6, 6.07) is 104. The molecule has 2 heteroatoms. The molecule has 0 spiro atoms. The van der Waals surface area contributed by atoms with Gasteiger partial charge in [-0.2, -0.15) is 0 Å². The molecule has 3 aliphatic rings. The normalized spacial score (nSPS) is 14.4. The molecule has 0 aromatic heterocycles. The molecule has 0 saturated heterocycles. The van der Waals surface area contributed by atoms with Crippen LogP contribution in [0.4, 0.5) is 34.1 Å². The van der Waals surface area contributed by atoms with Crippen LogP contribution in [0.15, 0.2) is 279 Å². The van der Waals surface area contributed by atoms with E-state index in [0.717, 1.165) is 34.1 Å². The molecular weight excluding hydrogens is 1100 g/mol. The second-order valence-electron chi connectivity index (χ2n) is 27.0. The Morgan fingerprint density at radius 3 is 0.648 bits per heavy atom. The topological polar surface area (TPSA) is 6.48 Å². The Morgan fingerprint density at radius 2 is 0.396 bits per heavy atom. The average molecular weight is 1170 g/mol. The van der Waals surface area contributed by atoms with Crippen LogP contribution < -0.4 is 9.80 Å². The Labute approximate surface area is 534 Å². The zero-order chi connectivity index (χ0) is 61.3. The fourth-order valence-electron chi connectivity index (χ4n) is 15.5. The standard InChI is InChI=1S/C89H68N2/c1-87(2)81-47-57(23-25-59-29-43-77-79-45-39-73(55-85(79)88(3,4)83(77)49-59)90(69-35-31-61-15-7-11-19-65(61)51-69)70-36-32-62-16-8-12-20-66(62)52-70)27-41-75(81)76-42-28-58(48-82(76)87)24-26-60-30-44-78-80-46-40-74(56-86(80)89(5,6)84(78)50-60)91(71-37-33-63-17-9-13-21-67(63)53-71)72-38-34-64-18-10-14-22-68(64)54-72/h7-56H,1-6H3/b25-23+,26-24+. The number of nitrogens with zero attached hydrogens (tertiary/aromatic N) is 2. The van der Waals surface area contributed by atoms with Crippen LogP contribution in [0.1, 0.15) is 97.2 Å². The van der Waals surface area contributed by atoms with Crippen molar-refractivity contribution in [1.82, 2.24) is 0 Å². The van der Waals surface area contributed by atoms with Gasteiger partial charge in [-0.05, 0) is 205 Å². The molecule has 0 atom stereocenters. The quantitative estimate of drug-likeness (QED) is 0.126. The van der Waals surface area contributed by atoms with E-state index in [4.69, 9.17) is 0 Å². The lowest BCUT2D eigenvalue weighted by atomic mass is 9.81. The van der Waals surface area contributed by atoms with E-state index in [0.29, 0.717) is 0 Å². The number of rotatable bonds is 10. The fourth-order valence-corrected chi connectivity index (χ4v) is 15.5. The summed E-state index contributed by atoms with van der Waals surface area (Å²) in [6.07, 6.45) is 9.21. The van der Waals surface area contributed by atoms with Gasteiger partial charge in [-0.25, -0.2) is 0 Å². The maximum absolute atomic E-state index is 2.44. The van der Waals surface area contributed by atoms with E-state index < -0.39 is 0 Å². The first-order valence-electron chi connectivity index (χ1n) is 32.1. The maximum atomic E-state index is 2.44. The van der Waals surface area contributed by atoms with Crippen LogP contribution in [0.3, 0.4) is 0 Å². The number of hydrogen-bond donors (Lipinski definition) is 0. The van der Waals surface area contributed by atoms with Crippen LogP contribution in [0.25, 0.3) is 101 Å². The SMILES string of the molecule is CC1(C)c2cc(/C=C/c3ccc4c(c3)C(C)(C)c3cc(N(c5ccc6ccccc6c5)c5ccc6ccccc6c5)ccc3-4)ccc2-c2ccc(/C=C/c3ccc4c(c3)C(C)(C)c3cc(N(c5ccc6ccccc6c5)c5ccc6ccccc6c5)ccc3-4)cc21. The third-order valence-corrected chi connectivity index (χ3v) is 20.5. The van der Waals surface area contributed by atoms with E-state index in [9.17, 15) is 0 Å². The maximum Gasteiger partial charge on any atom is 0.0468 e.